The predicted molar refractivity (Wildman–Crippen MR) is 77.2 cm³/mol. The average molecular weight is 298 g/mol. The van der Waals surface area contributed by atoms with Crippen molar-refractivity contribution in [3.05, 3.63) is 35.4 Å². The normalized spacial score (nSPS) is 11.3. The lowest BCUT2D eigenvalue weighted by Gasteiger charge is -1.96. The second-order valence-electron chi connectivity index (χ2n) is 3.88. The van der Waals surface area contributed by atoms with Crippen molar-refractivity contribution in [1.82, 2.24) is 41.2 Å². The van der Waals surface area contributed by atoms with E-state index in [1.807, 2.05) is 24.3 Å². The molecule has 0 atom stereocenters. The van der Waals surface area contributed by atoms with Crippen molar-refractivity contribution in [1.29, 1.82) is 0 Å². The number of hydrogen-bond donors (Lipinski definition) is 4. The van der Waals surface area contributed by atoms with Crippen molar-refractivity contribution in [3.63, 3.8) is 0 Å². The van der Waals surface area contributed by atoms with Crippen LogP contribution >= 0.6 is 0 Å². The number of hydrazone groups is 2. The summed E-state index contributed by atoms with van der Waals surface area (Å²) < 4.78 is 0. The molecule has 4 N–H and O–H groups in total. The summed E-state index contributed by atoms with van der Waals surface area (Å²) in [6.45, 7) is 0. The third-order valence-electron chi connectivity index (χ3n) is 2.38. The molecule has 0 aliphatic carbocycles. The maximum Gasteiger partial charge on any atom is 0.283 e. The molecule has 2 heterocycles. The zero-order valence-corrected chi connectivity index (χ0v) is 11.0. The molecule has 3 aromatic rings. The van der Waals surface area contributed by atoms with Gasteiger partial charge < -0.3 is 0 Å². The number of aromatic amines is 2. The summed E-state index contributed by atoms with van der Waals surface area (Å²) in [5.74, 6) is 0.597. The van der Waals surface area contributed by atoms with E-state index in [-0.39, 0.29) is 0 Å². The van der Waals surface area contributed by atoms with Crippen LogP contribution in [0.15, 0.2) is 34.5 Å². The van der Waals surface area contributed by atoms with Gasteiger partial charge in [0, 0.05) is 0 Å². The van der Waals surface area contributed by atoms with Crippen molar-refractivity contribution in [2.24, 2.45) is 10.2 Å². The molecule has 0 bridgehead atoms. The number of benzene rings is 1. The minimum atomic E-state index is 0.299. The van der Waals surface area contributed by atoms with E-state index in [4.69, 9.17) is 0 Å². The van der Waals surface area contributed by atoms with E-state index in [0.717, 1.165) is 11.1 Å². The monoisotopic (exact) mass is 298 g/mol. The minimum absolute atomic E-state index is 0.299. The third kappa shape index (κ3) is 3.66. The van der Waals surface area contributed by atoms with Gasteiger partial charge in [-0.1, -0.05) is 34.5 Å². The quantitative estimate of drug-likeness (QED) is 0.353. The molecule has 0 aliphatic heterocycles. The molecular weight excluding hydrogens is 288 g/mol. The second kappa shape index (κ2) is 6.65. The fourth-order valence-corrected chi connectivity index (χ4v) is 1.42. The molecule has 3 rings (SSSR count). The van der Waals surface area contributed by atoms with E-state index in [2.05, 4.69) is 62.3 Å². The first kappa shape index (κ1) is 13.3. The number of hydrogen-bond acceptors (Lipinski definition) is 10. The number of nitrogens with zero attached hydrogens (tertiary/aromatic N) is 8. The number of rotatable bonds is 6. The Morgan fingerprint density at radius 2 is 1.23 bits per heavy atom. The molecular formula is C10H10N12. The van der Waals surface area contributed by atoms with Crippen LogP contribution in [-0.2, 0) is 0 Å². The highest BCUT2D eigenvalue weighted by Gasteiger charge is 1.94. The molecule has 0 fully saturated rings. The predicted octanol–water partition coefficient (Wildman–Crippen LogP) is -0.395. The zero-order chi connectivity index (χ0) is 15.0. The van der Waals surface area contributed by atoms with Crippen LogP contribution in [0.4, 0.5) is 11.9 Å². The summed E-state index contributed by atoms with van der Waals surface area (Å²) in [5, 5.41) is 34.2. The molecule has 22 heavy (non-hydrogen) atoms. The Balaban J connectivity index is 1.53. The maximum absolute atomic E-state index is 3.98. The van der Waals surface area contributed by atoms with Gasteiger partial charge in [0.15, 0.2) is 0 Å². The van der Waals surface area contributed by atoms with Crippen LogP contribution < -0.4 is 10.9 Å². The summed E-state index contributed by atoms with van der Waals surface area (Å²) >= 11 is 0. The number of aromatic nitrogens is 8. The first-order valence-corrected chi connectivity index (χ1v) is 6.05. The maximum atomic E-state index is 3.98. The second-order valence-corrected chi connectivity index (χ2v) is 3.88. The molecule has 12 nitrogen and oxygen atoms in total. The Hall–Kier alpha value is -3.70. The van der Waals surface area contributed by atoms with Crippen LogP contribution in [0.5, 0.6) is 0 Å². The first-order chi connectivity index (χ1) is 10.9. The fourth-order valence-electron chi connectivity index (χ4n) is 1.42. The summed E-state index contributed by atoms with van der Waals surface area (Å²) in [6, 6.07) is 7.54. The molecule has 0 saturated carbocycles. The number of tetrazole rings is 2. The van der Waals surface area contributed by atoms with Gasteiger partial charge in [0.25, 0.3) is 11.9 Å². The van der Waals surface area contributed by atoms with Crippen LogP contribution in [0.1, 0.15) is 11.1 Å². The topological polar surface area (TPSA) is 158 Å². The van der Waals surface area contributed by atoms with Crippen LogP contribution in [0, 0.1) is 0 Å². The van der Waals surface area contributed by atoms with E-state index in [0.29, 0.717) is 11.9 Å². The van der Waals surface area contributed by atoms with Crippen molar-refractivity contribution in [2.45, 2.75) is 0 Å². The van der Waals surface area contributed by atoms with E-state index in [1.54, 1.807) is 12.4 Å². The van der Waals surface area contributed by atoms with Gasteiger partial charge in [0.1, 0.15) is 0 Å². The van der Waals surface area contributed by atoms with E-state index in [9.17, 15) is 0 Å². The molecule has 0 saturated heterocycles. The van der Waals surface area contributed by atoms with Gasteiger partial charge >= 0.3 is 0 Å². The van der Waals surface area contributed by atoms with Crippen LogP contribution in [0.3, 0.4) is 0 Å². The lowest BCUT2D eigenvalue weighted by Crippen LogP contribution is -1.94. The Morgan fingerprint density at radius 3 is 1.59 bits per heavy atom. The minimum Gasteiger partial charge on any atom is -0.243 e. The third-order valence-corrected chi connectivity index (χ3v) is 2.38. The Labute approximate surface area is 123 Å². The molecule has 2 aromatic heterocycles. The van der Waals surface area contributed by atoms with Crippen LogP contribution in [0.2, 0.25) is 0 Å². The van der Waals surface area contributed by atoms with E-state index >= 15 is 0 Å². The number of anilines is 2. The van der Waals surface area contributed by atoms with Gasteiger partial charge in [0.05, 0.1) is 12.4 Å². The Morgan fingerprint density at radius 1 is 0.773 bits per heavy atom. The lowest BCUT2D eigenvalue weighted by molar-refractivity contribution is 0.881. The molecule has 0 aliphatic rings. The highest BCUT2D eigenvalue weighted by Crippen LogP contribution is 2.01. The van der Waals surface area contributed by atoms with Gasteiger partial charge in [-0.25, -0.2) is 10.9 Å². The van der Waals surface area contributed by atoms with Crippen molar-refractivity contribution >= 4 is 24.3 Å². The largest absolute Gasteiger partial charge is 0.283 e. The van der Waals surface area contributed by atoms with Gasteiger partial charge in [-0.05, 0) is 21.6 Å². The highest BCUT2D eigenvalue weighted by atomic mass is 15.5. The average Bonchev–Trinajstić information content (AvgIpc) is 3.22. The molecule has 1 aromatic carbocycles. The van der Waals surface area contributed by atoms with E-state index in [1.165, 1.54) is 0 Å². The van der Waals surface area contributed by atoms with Gasteiger partial charge in [-0.2, -0.15) is 20.6 Å². The smallest absolute Gasteiger partial charge is 0.243 e. The van der Waals surface area contributed by atoms with Crippen molar-refractivity contribution < 1.29 is 0 Å². The molecule has 0 radical (unpaired) electrons. The van der Waals surface area contributed by atoms with Gasteiger partial charge in [-0.3, -0.25) is 0 Å². The first-order valence-electron chi connectivity index (χ1n) is 6.05. The Kier molecular flexibility index (Phi) is 4.01. The summed E-state index contributed by atoms with van der Waals surface area (Å²) in [7, 11) is 0. The number of nitrogens with one attached hydrogen (secondary N) is 4. The molecule has 0 amide bonds. The van der Waals surface area contributed by atoms with Crippen LogP contribution in [-0.4, -0.2) is 53.7 Å². The highest BCUT2D eigenvalue weighted by molar-refractivity contribution is 5.84. The number of H-pyrrole nitrogens is 2. The zero-order valence-electron chi connectivity index (χ0n) is 11.0. The standard InChI is InChI=1S/C10H10N12/c1-2-8(6-12-14-10-17-21-22-18-10)4-3-7(1)5-11-13-9-15-19-20-16-9/h1-6H,(H2,13,15,16,19,20)(H2,14,17,18,21,22). The molecule has 0 spiro atoms. The lowest BCUT2D eigenvalue weighted by atomic mass is 10.2. The summed E-state index contributed by atoms with van der Waals surface area (Å²) in [5.41, 5.74) is 7.07. The fraction of sp³-hybridized carbons (Fsp3) is 0. The Bertz CT molecular complexity index is 662. The van der Waals surface area contributed by atoms with Crippen molar-refractivity contribution in [2.75, 3.05) is 10.9 Å². The molecule has 0 unspecified atom stereocenters. The SMILES string of the molecule is C(=NNc1nn[nH]n1)c1ccc(C=NNc2nn[nH]n2)cc1. The summed E-state index contributed by atoms with van der Waals surface area (Å²) in [4.78, 5) is 0. The van der Waals surface area contributed by atoms with Gasteiger partial charge in [0.2, 0.25) is 0 Å². The molecule has 110 valence electrons. The molecule has 12 heteroatoms. The van der Waals surface area contributed by atoms with Crippen molar-refractivity contribution in [3.8, 4) is 0 Å². The van der Waals surface area contributed by atoms with Gasteiger partial charge in [-0.15, -0.1) is 10.2 Å². The van der Waals surface area contributed by atoms with Crippen LogP contribution in [0.25, 0.3) is 0 Å². The summed E-state index contributed by atoms with van der Waals surface area (Å²) in [6.07, 6.45) is 3.27. The van der Waals surface area contributed by atoms with E-state index < -0.39 is 0 Å².